The van der Waals surface area contributed by atoms with Crippen LogP contribution < -0.4 is 5.32 Å². The highest BCUT2D eigenvalue weighted by Gasteiger charge is 2.28. The van der Waals surface area contributed by atoms with Gasteiger partial charge >= 0.3 is 0 Å². The second-order valence-electron chi connectivity index (χ2n) is 5.17. The number of hydrogen-bond acceptors (Lipinski definition) is 3. The summed E-state index contributed by atoms with van der Waals surface area (Å²) >= 11 is 5.77. The van der Waals surface area contributed by atoms with Crippen LogP contribution in [0.15, 0.2) is 18.2 Å². The summed E-state index contributed by atoms with van der Waals surface area (Å²) < 4.78 is 38.6. The number of sulfonamides is 1. The van der Waals surface area contributed by atoms with Crippen molar-refractivity contribution in [2.45, 2.75) is 25.8 Å². The fraction of sp³-hybridized carbons (Fsp3) is 0.500. The predicted octanol–water partition coefficient (Wildman–Crippen LogP) is 2.02. The van der Waals surface area contributed by atoms with Crippen molar-refractivity contribution in [3.05, 3.63) is 34.6 Å². The average molecular weight is 349 g/mol. The quantitative estimate of drug-likeness (QED) is 0.905. The van der Waals surface area contributed by atoms with E-state index < -0.39 is 21.7 Å². The number of hydrogen-bond donors (Lipinski definition) is 1. The van der Waals surface area contributed by atoms with Crippen LogP contribution in [0.2, 0.25) is 5.02 Å². The lowest BCUT2D eigenvalue weighted by molar-refractivity contribution is 0.0920. The van der Waals surface area contributed by atoms with E-state index in [0.717, 1.165) is 6.07 Å². The Morgan fingerprint density at radius 2 is 2.05 bits per heavy atom. The minimum Gasteiger partial charge on any atom is -0.349 e. The molecule has 2 rings (SSSR count). The Hall–Kier alpha value is -1.18. The van der Waals surface area contributed by atoms with Crippen LogP contribution >= 0.6 is 11.6 Å². The SMILES string of the molecule is CCS(=O)(=O)N1CCC(NC(=O)c2cc(Cl)ccc2F)CC1. The minimum absolute atomic E-state index is 0.0672. The van der Waals surface area contributed by atoms with E-state index in [0.29, 0.717) is 25.9 Å². The van der Waals surface area contributed by atoms with Crippen molar-refractivity contribution in [1.29, 1.82) is 0 Å². The first-order valence-corrected chi connectivity index (χ1v) is 9.06. The third-order valence-electron chi connectivity index (χ3n) is 3.72. The maximum absolute atomic E-state index is 13.6. The van der Waals surface area contributed by atoms with Crippen molar-refractivity contribution < 1.29 is 17.6 Å². The van der Waals surface area contributed by atoms with Gasteiger partial charge in [-0.1, -0.05) is 11.6 Å². The second-order valence-corrected chi connectivity index (χ2v) is 7.87. The van der Waals surface area contributed by atoms with Gasteiger partial charge in [-0.15, -0.1) is 0 Å². The highest BCUT2D eigenvalue weighted by atomic mass is 35.5. The summed E-state index contributed by atoms with van der Waals surface area (Å²) in [5, 5.41) is 3.02. The van der Waals surface area contributed by atoms with Crippen LogP contribution in [-0.4, -0.2) is 43.5 Å². The summed E-state index contributed by atoms with van der Waals surface area (Å²) in [6.45, 7) is 2.32. The molecule has 5 nitrogen and oxygen atoms in total. The number of nitrogens with one attached hydrogen (secondary N) is 1. The van der Waals surface area contributed by atoms with Gasteiger partial charge < -0.3 is 5.32 Å². The molecule has 1 heterocycles. The summed E-state index contributed by atoms with van der Waals surface area (Å²) in [7, 11) is -3.19. The van der Waals surface area contributed by atoms with Crippen LogP contribution in [0.4, 0.5) is 4.39 Å². The number of benzene rings is 1. The summed E-state index contributed by atoms with van der Waals surface area (Å²) in [6.07, 6.45) is 1.01. The van der Waals surface area contributed by atoms with Crippen molar-refractivity contribution in [3.63, 3.8) is 0 Å². The number of carbonyl (C=O) groups excluding carboxylic acids is 1. The molecule has 0 aliphatic carbocycles. The topological polar surface area (TPSA) is 66.5 Å². The second kappa shape index (κ2) is 6.93. The van der Waals surface area contributed by atoms with Crippen molar-refractivity contribution in [2.24, 2.45) is 0 Å². The van der Waals surface area contributed by atoms with Crippen molar-refractivity contribution in [2.75, 3.05) is 18.8 Å². The first-order valence-electron chi connectivity index (χ1n) is 7.07. The van der Waals surface area contributed by atoms with Gasteiger partial charge in [-0.05, 0) is 38.0 Å². The van der Waals surface area contributed by atoms with E-state index in [1.54, 1.807) is 6.92 Å². The average Bonchev–Trinajstić information content (AvgIpc) is 2.50. The summed E-state index contributed by atoms with van der Waals surface area (Å²) in [5.74, 6) is -1.10. The van der Waals surface area contributed by atoms with Gasteiger partial charge in [0.15, 0.2) is 0 Å². The molecule has 22 heavy (non-hydrogen) atoms. The number of carbonyl (C=O) groups is 1. The summed E-state index contributed by atoms with van der Waals surface area (Å²) in [4.78, 5) is 12.1. The molecule has 0 spiro atoms. The van der Waals surface area contributed by atoms with E-state index in [2.05, 4.69) is 5.32 Å². The Bertz CT molecular complexity index is 658. The Kier molecular flexibility index (Phi) is 5.41. The standard InChI is InChI=1S/C14H18ClFN2O3S/c1-2-22(20,21)18-7-5-11(6-8-18)17-14(19)12-9-10(15)3-4-13(12)16/h3-4,9,11H,2,5-8H2,1H3,(H,17,19). The number of amides is 1. The number of piperidine rings is 1. The normalized spacial score (nSPS) is 17.4. The van der Waals surface area contributed by atoms with E-state index >= 15 is 0 Å². The van der Waals surface area contributed by atoms with Gasteiger partial charge in [-0.25, -0.2) is 17.1 Å². The molecule has 1 fully saturated rings. The Balaban J connectivity index is 1.96. The van der Waals surface area contributed by atoms with Gasteiger partial charge in [0.1, 0.15) is 5.82 Å². The van der Waals surface area contributed by atoms with Crippen LogP contribution in [0, 0.1) is 5.82 Å². The predicted molar refractivity (Wildman–Crippen MR) is 82.9 cm³/mol. The first-order chi connectivity index (χ1) is 10.3. The molecule has 1 aromatic carbocycles. The molecule has 1 amide bonds. The molecule has 1 aliphatic heterocycles. The van der Waals surface area contributed by atoms with Gasteiger partial charge in [0.2, 0.25) is 10.0 Å². The zero-order valence-electron chi connectivity index (χ0n) is 12.2. The zero-order chi connectivity index (χ0) is 16.3. The van der Waals surface area contributed by atoms with Crippen molar-refractivity contribution in [3.8, 4) is 0 Å². The molecule has 0 radical (unpaired) electrons. The fourth-order valence-electron chi connectivity index (χ4n) is 2.40. The fourth-order valence-corrected chi connectivity index (χ4v) is 3.70. The summed E-state index contributed by atoms with van der Waals surface area (Å²) in [6, 6.07) is 3.63. The van der Waals surface area contributed by atoms with E-state index in [4.69, 9.17) is 11.6 Å². The molecular weight excluding hydrogens is 331 g/mol. The first kappa shape index (κ1) is 17.2. The van der Waals surface area contributed by atoms with E-state index in [1.165, 1.54) is 16.4 Å². The van der Waals surface area contributed by atoms with Crippen LogP contribution in [0.1, 0.15) is 30.1 Å². The largest absolute Gasteiger partial charge is 0.349 e. The lowest BCUT2D eigenvalue weighted by Gasteiger charge is -2.31. The van der Waals surface area contributed by atoms with Crippen LogP contribution in [-0.2, 0) is 10.0 Å². The van der Waals surface area contributed by atoms with Gasteiger partial charge in [0, 0.05) is 24.2 Å². The monoisotopic (exact) mass is 348 g/mol. The maximum Gasteiger partial charge on any atom is 0.254 e. The molecule has 1 saturated heterocycles. The molecule has 8 heteroatoms. The molecular formula is C14H18ClFN2O3S. The zero-order valence-corrected chi connectivity index (χ0v) is 13.8. The number of nitrogens with zero attached hydrogens (tertiary/aromatic N) is 1. The lowest BCUT2D eigenvalue weighted by atomic mass is 10.1. The molecule has 0 aromatic heterocycles. The third-order valence-corrected chi connectivity index (χ3v) is 5.84. The van der Waals surface area contributed by atoms with Crippen molar-refractivity contribution >= 4 is 27.5 Å². The lowest BCUT2D eigenvalue weighted by Crippen LogP contribution is -2.47. The molecule has 0 bridgehead atoms. The van der Waals surface area contributed by atoms with E-state index in [-0.39, 0.29) is 22.4 Å². The van der Waals surface area contributed by atoms with Crippen LogP contribution in [0.25, 0.3) is 0 Å². The number of halogens is 2. The summed E-state index contributed by atoms with van der Waals surface area (Å²) in [5.41, 5.74) is -0.101. The molecule has 1 aromatic rings. The molecule has 122 valence electrons. The Morgan fingerprint density at radius 1 is 1.41 bits per heavy atom. The Morgan fingerprint density at radius 3 is 2.64 bits per heavy atom. The van der Waals surface area contributed by atoms with E-state index in [9.17, 15) is 17.6 Å². The van der Waals surface area contributed by atoms with E-state index in [1.807, 2.05) is 0 Å². The maximum atomic E-state index is 13.6. The molecule has 1 aliphatic rings. The third kappa shape index (κ3) is 3.97. The van der Waals surface area contributed by atoms with Gasteiger partial charge in [-0.3, -0.25) is 4.79 Å². The smallest absolute Gasteiger partial charge is 0.254 e. The van der Waals surface area contributed by atoms with Crippen molar-refractivity contribution in [1.82, 2.24) is 9.62 Å². The highest BCUT2D eigenvalue weighted by Crippen LogP contribution is 2.17. The minimum atomic E-state index is -3.19. The number of rotatable bonds is 4. The van der Waals surface area contributed by atoms with Gasteiger partial charge in [0.05, 0.1) is 11.3 Å². The van der Waals surface area contributed by atoms with Gasteiger partial charge in [-0.2, -0.15) is 0 Å². The van der Waals surface area contributed by atoms with Gasteiger partial charge in [0.25, 0.3) is 5.91 Å². The molecule has 0 atom stereocenters. The van der Waals surface area contributed by atoms with Crippen LogP contribution in [0.3, 0.4) is 0 Å². The van der Waals surface area contributed by atoms with Crippen LogP contribution in [0.5, 0.6) is 0 Å². The Labute approximate surface area is 134 Å². The highest BCUT2D eigenvalue weighted by molar-refractivity contribution is 7.89. The molecule has 0 saturated carbocycles. The molecule has 0 unspecified atom stereocenters. The molecule has 1 N–H and O–H groups in total.